The molecule has 0 atom stereocenters. The lowest BCUT2D eigenvalue weighted by Crippen LogP contribution is -2.25. The van der Waals surface area contributed by atoms with Gasteiger partial charge in [0, 0.05) is 20.3 Å². The van der Waals surface area contributed by atoms with Crippen LogP contribution in [0.1, 0.15) is 26.1 Å². The lowest BCUT2D eigenvalue weighted by atomic mass is 9.90. The summed E-state index contributed by atoms with van der Waals surface area (Å²) in [5.41, 5.74) is 0.927. The minimum Gasteiger partial charge on any atom is -0.385 e. The maximum Gasteiger partial charge on any atom is 0.178 e. The molecule has 0 fully saturated rings. The smallest absolute Gasteiger partial charge is 0.178 e. The summed E-state index contributed by atoms with van der Waals surface area (Å²) < 4.78 is 6.87. The van der Waals surface area contributed by atoms with Gasteiger partial charge in [-0.25, -0.2) is 0 Å². The van der Waals surface area contributed by atoms with Crippen LogP contribution >= 0.6 is 0 Å². The number of rotatable bonds is 6. The minimum absolute atomic E-state index is 0.162. The number of aryl methyl sites for hydroxylation is 1. The second-order valence-electron chi connectivity index (χ2n) is 5.50. The second-order valence-corrected chi connectivity index (χ2v) is 5.50. The van der Waals surface area contributed by atoms with Gasteiger partial charge in [-0.15, -0.1) is 15.3 Å². The van der Waals surface area contributed by atoms with Gasteiger partial charge in [-0.05, 0) is 30.9 Å². The van der Waals surface area contributed by atoms with E-state index < -0.39 is 0 Å². The van der Waals surface area contributed by atoms with Gasteiger partial charge in [0.25, 0.3) is 0 Å². The fraction of sp³-hybridized carbons (Fsp3) is 0.615. The number of methoxy groups -OCH3 is 1. The summed E-state index contributed by atoms with van der Waals surface area (Å²) in [6.07, 6.45) is 1.00. The molecule has 0 aliphatic rings. The second kappa shape index (κ2) is 5.52. The van der Waals surface area contributed by atoms with Gasteiger partial charge < -0.3 is 10.1 Å². The number of nitrogens with zero attached hydrogens (tertiary/aromatic N) is 4. The van der Waals surface area contributed by atoms with E-state index in [0.29, 0.717) is 0 Å². The molecule has 0 aliphatic carbocycles. The first-order chi connectivity index (χ1) is 9.02. The SMILES string of the molecule is COCCC(C)(C)CNc1ccc2nnc(C)n2n1. The van der Waals surface area contributed by atoms with E-state index in [-0.39, 0.29) is 5.41 Å². The van der Waals surface area contributed by atoms with Crippen molar-refractivity contribution in [2.45, 2.75) is 27.2 Å². The summed E-state index contributed by atoms with van der Waals surface area (Å²) in [4.78, 5) is 0. The zero-order valence-electron chi connectivity index (χ0n) is 12.0. The van der Waals surface area contributed by atoms with Gasteiger partial charge in [0.05, 0.1) is 0 Å². The van der Waals surface area contributed by atoms with Gasteiger partial charge in [0.15, 0.2) is 11.5 Å². The normalized spacial score (nSPS) is 12.0. The highest BCUT2D eigenvalue weighted by atomic mass is 16.5. The molecular weight excluding hydrogens is 242 g/mol. The fourth-order valence-corrected chi connectivity index (χ4v) is 1.79. The molecule has 104 valence electrons. The van der Waals surface area contributed by atoms with Crippen LogP contribution in [-0.4, -0.2) is 40.1 Å². The average Bonchev–Trinajstić information content (AvgIpc) is 2.76. The largest absolute Gasteiger partial charge is 0.385 e. The monoisotopic (exact) mass is 263 g/mol. The molecule has 1 N–H and O–H groups in total. The van der Waals surface area contributed by atoms with Crippen molar-refractivity contribution < 1.29 is 4.74 Å². The molecule has 0 aromatic carbocycles. The van der Waals surface area contributed by atoms with Gasteiger partial charge in [-0.2, -0.15) is 4.52 Å². The van der Waals surface area contributed by atoms with Crippen LogP contribution in [0.25, 0.3) is 5.65 Å². The number of hydrogen-bond donors (Lipinski definition) is 1. The predicted octanol–water partition coefficient (Wildman–Crippen LogP) is 1.91. The van der Waals surface area contributed by atoms with E-state index in [1.807, 2.05) is 19.1 Å². The van der Waals surface area contributed by atoms with Gasteiger partial charge >= 0.3 is 0 Å². The van der Waals surface area contributed by atoms with Gasteiger partial charge in [0.1, 0.15) is 5.82 Å². The Labute approximate surface area is 113 Å². The third-order valence-corrected chi connectivity index (χ3v) is 3.15. The summed E-state index contributed by atoms with van der Waals surface area (Å²) in [5.74, 6) is 1.62. The molecular formula is C13H21N5O. The molecule has 2 aromatic rings. The standard InChI is InChI=1S/C13H21N5O/c1-10-15-16-12-6-5-11(17-18(10)12)14-9-13(2,3)7-8-19-4/h5-6H,7-9H2,1-4H3,(H,14,17). The molecule has 2 rings (SSSR count). The zero-order valence-corrected chi connectivity index (χ0v) is 12.0. The van der Waals surface area contributed by atoms with Crippen molar-refractivity contribution in [1.82, 2.24) is 19.8 Å². The maximum atomic E-state index is 5.13. The van der Waals surface area contributed by atoms with Gasteiger partial charge in [-0.3, -0.25) is 0 Å². The number of anilines is 1. The van der Waals surface area contributed by atoms with Crippen molar-refractivity contribution in [3.05, 3.63) is 18.0 Å². The van der Waals surface area contributed by atoms with Crippen molar-refractivity contribution in [3.63, 3.8) is 0 Å². The molecule has 2 heterocycles. The van der Waals surface area contributed by atoms with E-state index in [0.717, 1.165) is 36.9 Å². The number of hydrogen-bond acceptors (Lipinski definition) is 5. The first kappa shape index (κ1) is 13.7. The van der Waals surface area contributed by atoms with Crippen LogP contribution in [-0.2, 0) is 4.74 Å². The highest BCUT2D eigenvalue weighted by molar-refractivity contribution is 5.43. The first-order valence-electron chi connectivity index (χ1n) is 6.44. The number of fused-ring (bicyclic) bond motifs is 1. The summed E-state index contributed by atoms with van der Waals surface area (Å²) >= 11 is 0. The Kier molecular flexibility index (Phi) is 3.99. The van der Waals surface area contributed by atoms with Crippen LogP contribution in [0.3, 0.4) is 0 Å². The lowest BCUT2D eigenvalue weighted by molar-refractivity contribution is 0.157. The Morgan fingerprint density at radius 3 is 2.84 bits per heavy atom. The predicted molar refractivity (Wildman–Crippen MR) is 74.3 cm³/mol. The Balaban J connectivity index is 2.03. The first-order valence-corrected chi connectivity index (χ1v) is 6.44. The third-order valence-electron chi connectivity index (χ3n) is 3.15. The van der Waals surface area contributed by atoms with Crippen molar-refractivity contribution in [2.75, 3.05) is 25.6 Å². The maximum absolute atomic E-state index is 5.13. The van der Waals surface area contributed by atoms with Crippen LogP contribution in [0, 0.1) is 12.3 Å². The van der Waals surface area contributed by atoms with Crippen LogP contribution in [0.2, 0.25) is 0 Å². The molecule has 0 spiro atoms. The van der Waals surface area contributed by atoms with Crippen LogP contribution in [0.5, 0.6) is 0 Å². The van der Waals surface area contributed by atoms with Crippen LogP contribution in [0.15, 0.2) is 12.1 Å². The molecule has 6 nitrogen and oxygen atoms in total. The lowest BCUT2D eigenvalue weighted by Gasteiger charge is -2.24. The van der Waals surface area contributed by atoms with Crippen LogP contribution < -0.4 is 5.32 Å². The highest BCUT2D eigenvalue weighted by Crippen LogP contribution is 2.20. The van der Waals surface area contributed by atoms with Crippen molar-refractivity contribution in [2.24, 2.45) is 5.41 Å². The molecule has 19 heavy (non-hydrogen) atoms. The molecule has 0 bridgehead atoms. The topological polar surface area (TPSA) is 64.3 Å². The molecule has 0 unspecified atom stereocenters. The number of nitrogens with one attached hydrogen (secondary N) is 1. The van der Waals surface area contributed by atoms with E-state index in [1.54, 1.807) is 11.6 Å². The number of aromatic nitrogens is 4. The molecule has 0 amide bonds. The quantitative estimate of drug-likeness (QED) is 0.862. The minimum atomic E-state index is 0.162. The molecule has 0 saturated heterocycles. The van der Waals surface area contributed by atoms with E-state index in [4.69, 9.17) is 4.74 Å². The third kappa shape index (κ3) is 3.41. The molecule has 0 saturated carbocycles. The average molecular weight is 263 g/mol. The Hall–Kier alpha value is -1.69. The fourth-order valence-electron chi connectivity index (χ4n) is 1.79. The summed E-state index contributed by atoms with van der Waals surface area (Å²) in [5, 5.41) is 15.8. The Morgan fingerprint density at radius 2 is 2.11 bits per heavy atom. The number of ether oxygens (including phenoxy) is 1. The Bertz CT molecular complexity index is 549. The van der Waals surface area contributed by atoms with E-state index in [1.165, 1.54) is 0 Å². The molecule has 0 radical (unpaired) electrons. The van der Waals surface area contributed by atoms with Gasteiger partial charge in [0.2, 0.25) is 0 Å². The van der Waals surface area contributed by atoms with Gasteiger partial charge in [-0.1, -0.05) is 13.8 Å². The van der Waals surface area contributed by atoms with Crippen molar-refractivity contribution in [1.29, 1.82) is 0 Å². The summed E-state index contributed by atoms with van der Waals surface area (Å²) in [6.45, 7) is 7.92. The molecule has 0 aliphatic heterocycles. The molecule has 6 heteroatoms. The van der Waals surface area contributed by atoms with Crippen LogP contribution in [0.4, 0.5) is 5.82 Å². The van der Waals surface area contributed by atoms with Crippen molar-refractivity contribution in [3.8, 4) is 0 Å². The summed E-state index contributed by atoms with van der Waals surface area (Å²) in [6, 6.07) is 3.84. The van der Waals surface area contributed by atoms with Crippen molar-refractivity contribution >= 4 is 11.5 Å². The Morgan fingerprint density at radius 1 is 1.32 bits per heavy atom. The zero-order chi connectivity index (χ0) is 13.9. The summed E-state index contributed by atoms with van der Waals surface area (Å²) in [7, 11) is 1.73. The van der Waals surface area contributed by atoms with E-state index >= 15 is 0 Å². The molecule has 2 aromatic heterocycles. The highest BCUT2D eigenvalue weighted by Gasteiger charge is 2.17. The van der Waals surface area contributed by atoms with E-state index in [2.05, 4.69) is 34.5 Å². The van der Waals surface area contributed by atoms with E-state index in [9.17, 15) is 0 Å².